The fraction of sp³-hybridized carbons (Fsp3) is 0.222. The van der Waals surface area contributed by atoms with Crippen molar-refractivity contribution >= 4 is 29.1 Å². The van der Waals surface area contributed by atoms with Crippen molar-refractivity contribution in [3.8, 4) is 11.3 Å². The molecule has 0 aromatic carbocycles. The minimum Gasteiger partial charge on any atom is -0.433 e. The second-order valence-corrected chi connectivity index (χ2v) is 7.30. The first-order valence-corrected chi connectivity index (χ1v) is 9.07. The number of hydrogen-bond donors (Lipinski definition) is 0. The average molecular weight is 372 g/mol. The lowest BCUT2D eigenvalue weighted by atomic mass is 10.2. The summed E-state index contributed by atoms with van der Waals surface area (Å²) in [5.41, 5.74) is 1.98. The van der Waals surface area contributed by atoms with E-state index in [1.807, 2.05) is 12.1 Å². The van der Waals surface area contributed by atoms with Crippen molar-refractivity contribution in [1.82, 2.24) is 15.0 Å². The Morgan fingerprint density at radius 1 is 1.20 bits per heavy atom. The van der Waals surface area contributed by atoms with E-state index >= 15 is 0 Å². The van der Waals surface area contributed by atoms with E-state index in [4.69, 9.17) is 16.0 Å². The van der Waals surface area contributed by atoms with Crippen molar-refractivity contribution in [2.24, 2.45) is 0 Å². The summed E-state index contributed by atoms with van der Waals surface area (Å²) in [7, 11) is 0. The van der Waals surface area contributed by atoms with E-state index in [-0.39, 0.29) is 5.78 Å². The van der Waals surface area contributed by atoms with E-state index in [1.54, 1.807) is 24.5 Å². The minimum atomic E-state index is -0.0645. The van der Waals surface area contributed by atoms with Crippen LogP contribution in [0, 0.1) is 0 Å². The van der Waals surface area contributed by atoms with Crippen molar-refractivity contribution in [3.63, 3.8) is 0 Å². The van der Waals surface area contributed by atoms with Gasteiger partial charge >= 0.3 is 0 Å². The Hall–Kier alpha value is -2.18. The van der Waals surface area contributed by atoms with Gasteiger partial charge < -0.3 is 4.42 Å². The summed E-state index contributed by atoms with van der Waals surface area (Å²) in [5.74, 6) is 1.09. The van der Waals surface area contributed by atoms with Crippen LogP contribution >= 0.6 is 23.4 Å². The predicted octanol–water partition coefficient (Wildman–Crippen LogP) is 5.02. The zero-order chi connectivity index (χ0) is 17.4. The van der Waals surface area contributed by atoms with E-state index in [2.05, 4.69) is 15.0 Å². The second-order valence-electron chi connectivity index (χ2n) is 5.87. The highest BCUT2D eigenvalue weighted by molar-refractivity contribution is 7.99. The Bertz CT molecular complexity index is 918. The van der Waals surface area contributed by atoms with Crippen molar-refractivity contribution in [1.29, 1.82) is 0 Å². The van der Waals surface area contributed by atoms with Crippen LogP contribution in [-0.2, 0) is 0 Å². The third kappa shape index (κ3) is 3.60. The van der Waals surface area contributed by atoms with Crippen LogP contribution in [0.4, 0.5) is 0 Å². The van der Waals surface area contributed by atoms with Gasteiger partial charge in [-0.05, 0) is 48.9 Å². The summed E-state index contributed by atoms with van der Waals surface area (Å²) < 4.78 is 5.99. The Balaban J connectivity index is 1.70. The molecule has 1 saturated carbocycles. The fourth-order valence-corrected chi connectivity index (χ4v) is 3.27. The number of carbonyl (C=O) groups is 1. The molecule has 0 aliphatic heterocycles. The van der Waals surface area contributed by atoms with Crippen LogP contribution in [0.5, 0.6) is 0 Å². The molecule has 4 rings (SSSR count). The largest absolute Gasteiger partial charge is 0.433 e. The molecule has 3 aromatic rings. The van der Waals surface area contributed by atoms with Gasteiger partial charge in [0.2, 0.25) is 0 Å². The highest BCUT2D eigenvalue weighted by Crippen LogP contribution is 2.44. The summed E-state index contributed by atoms with van der Waals surface area (Å²) in [4.78, 5) is 24.6. The molecular formula is C18H14ClN3O2S. The normalized spacial score (nSPS) is 13.8. The number of oxazole rings is 1. The van der Waals surface area contributed by atoms with Crippen LogP contribution < -0.4 is 0 Å². The summed E-state index contributed by atoms with van der Waals surface area (Å²) in [6, 6.07) is 7.18. The molecule has 0 saturated heterocycles. The number of aromatic nitrogens is 3. The first-order valence-electron chi connectivity index (χ1n) is 7.87. The summed E-state index contributed by atoms with van der Waals surface area (Å²) >= 11 is 7.29. The van der Waals surface area contributed by atoms with Gasteiger partial charge in [0.05, 0.1) is 5.02 Å². The van der Waals surface area contributed by atoms with Crippen LogP contribution in [0.2, 0.25) is 5.02 Å². The SMILES string of the molecule is CC(=O)c1ccc(-c2nc(C3CC3)oc2Sc2ccc(Cl)cn2)cn1. The Morgan fingerprint density at radius 2 is 2.04 bits per heavy atom. The van der Waals surface area contributed by atoms with Crippen molar-refractivity contribution in [3.05, 3.63) is 53.3 Å². The Labute approximate surface area is 153 Å². The van der Waals surface area contributed by atoms with Crippen molar-refractivity contribution < 1.29 is 9.21 Å². The molecule has 3 aromatic heterocycles. The molecule has 0 bridgehead atoms. The van der Waals surface area contributed by atoms with Gasteiger partial charge in [0, 0.05) is 30.8 Å². The topological polar surface area (TPSA) is 68.9 Å². The number of hydrogen-bond acceptors (Lipinski definition) is 6. The molecule has 0 amide bonds. The van der Waals surface area contributed by atoms with Gasteiger partial charge in [-0.1, -0.05) is 11.6 Å². The van der Waals surface area contributed by atoms with Gasteiger partial charge in [-0.2, -0.15) is 0 Å². The number of Topliss-reactive ketones (excluding diaryl/α,β-unsaturated/α-hetero) is 1. The lowest BCUT2D eigenvalue weighted by Gasteiger charge is -2.02. The molecule has 126 valence electrons. The van der Waals surface area contributed by atoms with Crippen molar-refractivity contribution in [2.45, 2.75) is 35.8 Å². The highest BCUT2D eigenvalue weighted by Gasteiger charge is 2.31. The molecule has 0 N–H and O–H groups in total. The minimum absolute atomic E-state index is 0.0645. The molecule has 1 fully saturated rings. The van der Waals surface area contributed by atoms with Crippen LogP contribution in [0.25, 0.3) is 11.3 Å². The first-order chi connectivity index (χ1) is 12.1. The number of carbonyl (C=O) groups excluding carboxylic acids is 1. The van der Waals surface area contributed by atoms with Crippen LogP contribution in [-0.4, -0.2) is 20.7 Å². The van der Waals surface area contributed by atoms with Crippen LogP contribution in [0.3, 0.4) is 0 Å². The number of ketones is 1. The monoisotopic (exact) mass is 371 g/mol. The molecule has 0 radical (unpaired) electrons. The molecule has 25 heavy (non-hydrogen) atoms. The average Bonchev–Trinajstić information content (AvgIpc) is 3.38. The smallest absolute Gasteiger partial charge is 0.199 e. The van der Waals surface area contributed by atoms with E-state index in [0.29, 0.717) is 21.7 Å². The second kappa shape index (κ2) is 6.61. The molecule has 1 aliphatic carbocycles. The van der Waals surface area contributed by atoms with Gasteiger partial charge in [-0.15, -0.1) is 0 Å². The zero-order valence-corrected chi connectivity index (χ0v) is 15.0. The molecule has 7 heteroatoms. The molecule has 0 unspecified atom stereocenters. The lowest BCUT2D eigenvalue weighted by Crippen LogP contribution is -1.96. The lowest BCUT2D eigenvalue weighted by molar-refractivity contribution is 0.101. The number of rotatable bonds is 5. The third-order valence-electron chi connectivity index (χ3n) is 3.83. The maximum atomic E-state index is 11.4. The summed E-state index contributed by atoms with van der Waals surface area (Å²) in [6.45, 7) is 1.50. The Morgan fingerprint density at radius 3 is 2.64 bits per heavy atom. The van der Waals surface area contributed by atoms with E-state index in [9.17, 15) is 4.79 Å². The highest BCUT2D eigenvalue weighted by atomic mass is 35.5. The predicted molar refractivity (Wildman–Crippen MR) is 95.1 cm³/mol. The number of pyridine rings is 2. The van der Waals surface area contributed by atoms with Gasteiger partial charge in [0.1, 0.15) is 16.4 Å². The maximum Gasteiger partial charge on any atom is 0.199 e. The van der Waals surface area contributed by atoms with Crippen LogP contribution in [0.15, 0.2) is 51.2 Å². The van der Waals surface area contributed by atoms with Crippen LogP contribution in [0.1, 0.15) is 42.1 Å². The Kier molecular flexibility index (Phi) is 4.31. The first kappa shape index (κ1) is 16.3. The maximum absolute atomic E-state index is 11.4. The standard InChI is InChI=1S/C18H14ClN3O2S/c1-10(23)14-6-4-12(8-20-14)16-18(24-17(22-16)11-2-3-11)25-15-7-5-13(19)9-21-15/h4-9,11H,2-3H2,1H3. The number of nitrogens with zero attached hydrogens (tertiary/aromatic N) is 3. The third-order valence-corrected chi connectivity index (χ3v) is 4.97. The molecule has 1 aliphatic rings. The van der Waals surface area contributed by atoms with E-state index < -0.39 is 0 Å². The summed E-state index contributed by atoms with van der Waals surface area (Å²) in [5, 5.41) is 2.04. The molecule has 3 heterocycles. The van der Waals surface area contributed by atoms with Crippen molar-refractivity contribution in [2.75, 3.05) is 0 Å². The summed E-state index contributed by atoms with van der Waals surface area (Å²) in [6.07, 6.45) is 5.46. The molecule has 5 nitrogen and oxygen atoms in total. The zero-order valence-electron chi connectivity index (χ0n) is 13.4. The van der Waals surface area contributed by atoms with Gasteiger partial charge in [-0.3, -0.25) is 9.78 Å². The molecular weight excluding hydrogens is 358 g/mol. The molecule has 0 atom stereocenters. The fourth-order valence-electron chi connectivity index (χ4n) is 2.34. The van der Waals surface area contributed by atoms with Gasteiger partial charge in [0.15, 0.2) is 16.8 Å². The molecule has 0 spiro atoms. The van der Waals surface area contributed by atoms with E-state index in [1.165, 1.54) is 18.7 Å². The van der Waals surface area contributed by atoms with E-state index in [0.717, 1.165) is 35.0 Å². The van der Waals surface area contributed by atoms with Gasteiger partial charge in [-0.25, -0.2) is 9.97 Å². The van der Waals surface area contributed by atoms with Gasteiger partial charge in [0.25, 0.3) is 0 Å². The number of halogens is 1. The quantitative estimate of drug-likeness (QED) is 0.587.